The molecule has 2 nitrogen and oxygen atoms in total. The molecule has 0 saturated carbocycles. The second kappa shape index (κ2) is 5.65. The molecule has 0 bridgehead atoms. The Morgan fingerprint density at radius 3 is 2.55 bits per heavy atom. The highest BCUT2D eigenvalue weighted by Crippen LogP contribution is 2.26. The van der Waals surface area contributed by atoms with E-state index >= 15 is 0 Å². The number of hydrogen-bond donors (Lipinski definition) is 1. The van der Waals surface area contributed by atoms with E-state index in [9.17, 15) is 4.79 Å². The highest BCUT2D eigenvalue weighted by atomic mass is 35.5. The summed E-state index contributed by atoms with van der Waals surface area (Å²) < 4.78 is 1.12. The van der Waals surface area contributed by atoms with Crippen LogP contribution >= 0.6 is 22.9 Å². The van der Waals surface area contributed by atoms with Crippen molar-refractivity contribution >= 4 is 44.6 Å². The first-order valence-corrected chi connectivity index (χ1v) is 7.56. The molecule has 3 aromatic rings. The third-order valence-corrected chi connectivity index (χ3v) is 4.44. The van der Waals surface area contributed by atoms with E-state index in [1.54, 1.807) is 0 Å². The van der Waals surface area contributed by atoms with E-state index in [1.165, 1.54) is 11.3 Å². The summed E-state index contributed by atoms with van der Waals surface area (Å²) in [7, 11) is 0. The predicted molar refractivity (Wildman–Crippen MR) is 85.8 cm³/mol. The fraction of sp³-hybridized carbons (Fsp3) is 0.0625. The van der Waals surface area contributed by atoms with Gasteiger partial charge in [-0.25, -0.2) is 0 Å². The molecular formula is C16H12ClNOS. The Balaban J connectivity index is 1.81. The van der Waals surface area contributed by atoms with Gasteiger partial charge in [-0.05, 0) is 35.2 Å². The van der Waals surface area contributed by atoms with Crippen LogP contribution in [0.1, 0.15) is 15.2 Å². The molecule has 0 saturated heterocycles. The molecule has 0 spiro atoms. The average molecular weight is 302 g/mol. The number of halogens is 1. The highest BCUT2D eigenvalue weighted by Gasteiger charge is 2.10. The number of nitrogens with one attached hydrogen (secondary N) is 1. The summed E-state index contributed by atoms with van der Waals surface area (Å²) in [5.41, 5.74) is 1.81. The summed E-state index contributed by atoms with van der Waals surface area (Å²) in [6.07, 6.45) is 0. The van der Waals surface area contributed by atoms with Crippen molar-refractivity contribution in [2.45, 2.75) is 5.88 Å². The van der Waals surface area contributed by atoms with Crippen LogP contribution in [0.15, 0.2) is 54.6 Å². The number of thiophene rings is 1. The van der Waals surface area contributed by atoms with Crippen LogP contribution in [-0.2, 0) is 5.88 Å². The van der Waals surface area contributed by atoms with Gasteiger partial charge in [0.2, 0.25) is 0 Å². The minimum atomic E-state index is -0.0789. The van der Waals surface area contributed by atoms with Crippen LogP contribution in [0, 0.1) is 0 Å². The molecule has 1 amide bonds. The summed E-state index contributed by atoms with van der Waals surface area (Å²) in [6, 6.07) is 17.5. The number of anilines is 1. The van der Waals surface area contributed by atoms with Crippen molar-refractivity contribution in [2.75, 3.05) is 5.32 Å². The molecule has 1 aromatic heterocycles. The van der Waals surface area contributed by atoms with Gasteiger partial charge in [-0.15, -0.1) is 22.9 Å². The van der Waals surface area contributed by atoms with Crippen LogP contribution in [0.4, 0.5) is 5.69 Å². The smallest absolute Gasteiger partial charge is 0.265 e. The second-order valence-electron chi connectivity index (χ2n) is 4.43. The molecule has 1 heterocycles. The molecule has 0 aliphatic heterocycles. The van der Waals surface area contributed by atoms with E-state index < -0.39 is 0 Å². The van der Waals surface area contributed by atoms with Crippen molar-refractivity contribution in [3.8, 4) is 0 Å². The quantitative estimate of drug-likeness (QED) is 0.685. The first kappa shape index (κ1) is 13.2. The molecular weight excluding hydrogens is 290 g/mol. The number of fused-ring (bicyclic) bond motifs is 1. The van der Waals surface area contributed by atoms with Crippen LogP contribution in [0.5, 0.6) is 0 Å². The molecule has 0 aliphatic rings. The number of carbonyl (C=O) groups is 1. The molecule has 1 N–H and O–H groups in total. The molecule has 20 heavy (non-hydrogen) atoms. The Kier molecular flexibility index (Phi) is 3.72. The van der Waals surface area contributed by atoms with E-state index in [0.29, 0.717) is 10.8 Å². The molecule has 0 fully saturated rings. The van der Waals surface area contributed by atoms with E-state index in [4.69, 9.17) is 11.6 Å². The monoisotopic (exact) mass is 301 g/mol. The number of carbonyl (C=O) groups excluding carboxylic acids is 1. The van der Waals surface area contributed by atoms with Crippen LogP contribution in [0.3, 0.4) is 0 Å². The number of alkyl halides is 1. The van der Waals surface area contributed by atoms with Gasteiger partial charge in [0, 0.05) is 16.3 Å². The Labute approximate surface area is 126 Å². The third-order valence-electron chi connectivity index (χ3n) is 3.02. The highest BCUT2D eigenvalue weighted by molar-refractivity contribution is 7.20. The van der Waals surface area contributed by atoms with Gasteiger partial charge in [-0.3, -0.25) is 4.79 Å². The molecule has 3 rings (SSSR count). The Hall–Kier alpha value is -1.84. The standard InChI is InChI=1S/C16H12ClNOS/c17-10-11-5-7-13(8-6-11)18-16(19)15-9-12-3-1-2-4-14(12)20-15/h1-9H,10H2,(H,18,19). The van der Waals surface area contributed by atoms with E-state index in [0.717, 1.165) is 21.3 Å². The zero-order valence-corrected chi connectivity index (χ0v) is 12.2. The number of benzene rings is 2. The second-order valence-corrected chi connectivity index (χ2v) is 5.78. The van der Waals surface area contributed by atoms with Gasteiger partial charge in [0.05, 0.1) is 4.88 Å². The number of amides is 1. The fourth-order valence-corrected chi connectivity index (χ4v) is 3.10. The largest absolute Gasteiger partial charge is 0.321 e. The van der Waals surface area contributed by atoms with Gasteiger partial charge >= 0.3 is 0 Å². The van der Waals surface area contributed by atoms with E-state index in [2.05, 4.69) is 5.32 Å². The molecule has 4 heteroatoms. The van der Waals surface area contributed by atoms with Gasteiger partial charge in [-0.1, -0.05) is 30.3 Å². The Bertz CT molecular complexity index is 716. The lowest BCUT2D eigenvalue weighted by Gasteiger charge is -2.03. The lowest BCUT2D eigenvalue weighted by Crippen LogP contribution is -2.09. The Morgan fingerprint density at radius 1 is 1.10 bits per heavy atom. The third kappa shape index (κ3) is 2.69. The Morgan fingerprint density at radius 2 is 1.85 bits per heavy atom. The van der Waals surface area contributed by atoms with Crippen molar-refractivity contribution in [3.63, 3.8) is 0 Å². The van der Waals surface area contributed by atoms with Crippen molar-refractivity contribution in [2.24, 2.45) is 0 Å². The number of hydrogen-bond acceptors (Lipinski definition) is 2. The van der Waals surface area contributed by atoms with Crippen molar-refractivity contribution in [3.05, 3.63) is 65.0 Å². The van der Waals surface area contributed by atoms with Crippen LogP contribution in [0.25, 0.3) is 10.1 Å². The van der Waals surface area contributed by atoms with Gasteiger partial charge < -0.3 is 5.32 Å². The van der Waals surface area contributed by atoms with Crippen molar-refractivity contribution < 1.29 is 4.79 Å². The molecule has 100 valence electrons. The topological polar surface area (TPSA) is 29.1 Å². The SMILES string of the molecule is O=C(Nc1ccc(CCl)cc1)c1cc2ccccc2s1. The molecule has 0 atom stereocenters. The van der Waals surface area contributed by atoms with Gasteiger partial charge in [-0.2, -0.15) is 0 Å². The van der Waals surface area contributed by atoms with Gasteiger partial charge in [0.25, 0.3) is 5.91 Å². The van der Waals surface area contributed by atoms with E-state index in [1.807, 2.05) is 54.6 Å². The first-order valence-electron chi connectivity index (χ1n) is 6.21. The molecule has 0 unspecified atom stereocenters. The minimum absolute atomic E-state index is 0.0789. The summed E-state index contributed by atoms with van der Waals surface area (Å²) in [6.45, 7) is 0. The summed E-state index contributed by atoms with van der Waals surface area (Å²) >= 11 is 7.24. The van der Waals surface area contributed by atoms with Crippen LogP contribution in [0.2, 0.25) is 0 Å². The van der Waals surface area contributed by atoms with Crippen molar-refractivity contribution in [1.29, 1.82) is 0 Å². The molecule has 0 aliphatic carbocycles. The maximum atomic E-state index is 12.2. The zero-order valence-electron chi connectivity index (χ0n) is 10.6. The summed E-state index contributed by atoms with van der Waals surface area (Å²) in [4.78, 5) is 12.9. The zero-order chi connectivity index (χ0) is 13.9. The summed E-state index contributed by atoms with van der Waals surface area (Å²) in [5.74, 6) is 0.398. The average Bonchev–Trinajstić information content (AvgIpc) is 2.92. The number of rotatable bonds is 3. The normalized spacial score (nSPS) is 10.7. The predicted octanol–water partition coefficient (Wildman–Crippen LogP) is 4.89. The maximum Gasteiger partial charge on any atom is 0.265 e. The van der Waals surface area contributed by atoms with Crippen LogP contribution < -0.4 is 5.32 Å². The molecule has 0 radical (unpaired) electrons. The van der Waals surface area contributed by atoms with E-state index in [-0.39, 0.29) is 5.91 Å². The summed E-state index contributed by atoms with van der Waals surface area (Å²) in [5, 5.41) is 4.00. The fourth-order valence-electron chi connectivity index (χ4n) is 1.96. The first-order chi connectivity index (χ1) is 9.76. The minimum Gasteiger partial charge on any atom is -0.321 e. The lowest BCUT2D eigenvalue weighted by molar-refractivity contribution is 0.103. The maximum absolute atomic E-state index is 12.2. The van der Waals surface area contributed by atoms with Gasteiger partial charge in [0.1, 0.15) is 0 Å². The van der Waals surface area contributed by atoms with Crippen molar-refractivity contribution in [1.82, 2.24) is 0 Å². The van der Waals surface area contributed by atoms with Gasteiger partial charge in [0.15, 0.2) is 0 Å². The van der Waals surface area contributed by atoms with Crippen LogP contribution in [-0.4, -0.2) is 5.91 Å². The lowest BCUT2D eigenvalue weighted by atomic mass is 10.2. The molecule has 2 aromatic carbocycles.